The first-order valence-corrected chi connectivity index (χ1v) is 3.40. The third-order valence-corrected chi connectivity index (χ3v) is 1.75. The Bertz CT molecular complexity index is 251. The van der Waals surface area contributed by atoms with Gasteiger partial charge in [-0.15, -0.1) is 0 Å². The lowest BCUT2D eigenvalue weighted by atomic mass is 9.99. The van der Waals surface area contributed by atoms with E-state index in [0.717, 1.165) is 6.08 Å². The molecule has 0 spiro atoms. The van der Waals surface area contributed by atoms with Crippen LogP contribution in [0.1, 0.15) is 19.8 Å². The molecule has 0 aromatic rings. The highest BCUT2D eigenvalue weighted by molar-refractivity contribution is 5.87. The minimum absolute atomic E-state index is 0.160. The van der Waals surface area contributed by atoms with E-state index in [9.17, 15) is 9.18 Å². The fraction of sp³-hybridized carbons (Fsp3) is 0.375. The van der Waals surface area contributed by atoms with Crippen molar-refractivity contribution in [3.63, 3.8) is 0 Å². The highest BCUT2D eigenvalue weighted by Crippen LogP contribution is 2.24. The quantitative estimate of drug-likeness (QED) is 0.630. The molecule has 1 rings (SSSR count). The van der Waals surface area contributed by atoms with Crippen molar-refractivity contribution >= 4 is 5.97 Å². The van der Waals surface area contributed by atoms with Gasteiger partial charge in [0.1, 0.15) is 5.83 Å². The standard InChI is InChI=1S/C8H9FO2/c1-5-2-3-6(8(10)11)4-7(5)9/h4H,2-3H2,1H3,(H,10,11). The minimum atomic E-state index is -1.02. The number of carbonyl (C=O) groups is 1. The number of rotatable bonds is 1. The van der Waals surface area contributed by atoms with Crippen LogP contribution in [-0.2, 0) is 4.79 Å². The van der Waals surface area contributed by atoms with Crippen molar-refractivity contribution in [1.29, 1.82) is 0 Å². The number of carboxylic acids is 1. The fourth-order valence-corrected chi connectivity index (χ4v) is 0.959. The Hall–Kier alpha value is -1.12. The van der Waals surface area contributed by atoms with Crippen molar-refractivity contribution in [3.8, 4) is 0 Å². The van der Waals surface area contributed by atoms with Gasteiger partial charge in [0, 0.05) is 5.57 Å². The minimum Gasteiger partial charge on any atom is -0.478 e. The SMILES string of the molecule is CC1=C(F)C=C(C(=O)O)CC1. The average molecular weight is 156 g/mol. The van der Waals surface area contributed by atoms with E-state index in [1.807, 2.05) is 0 Å². The number of allylic oxidation sites excluding steroid dienone is 3. The largest absolute Gasteiger partial charge is 0.478 e. The molecule has 11 heavy (non-hydrogen) atoms. The monoisotopic (exact) mass is 156 g/mol. The molecule has 0 aliphatic heterocycles. The molecule has 1 aliphatic carbocycles. The third-order valence-electron chi connectivity index (χ3n) is 1.75. The molecule has 0 heterocycles. The summed E-state index contributed by atoms with van der Waals surface area (Å²) >= 11 is 0. The smallest absolute Gasteiger partial charge is 0.331 e. The van der Waals surface area contributed by atoms with Gasteiger partial charge in [0.25, 0.3) is 0 Å². The van der Waals surface area contributed by atoms with Crippen LogP contribution < -0.4 is 0 Å². The van der Waals surface area contributed by atoms with Crippen LogP contribution >= 0.6 is 0 Å². The lowest BCUT2D eigenvalue weighted by Gasteiger charge is -2.09. The molecule has 0 amide bonds. The Balaban J connectivity index is 2.89. The summed E-state index contributed by atoms with van der Waals surface area (Å²) in [5.74, 6) is -1.42. The summed E-state index contributed by atoms with van der Waals surface area (Å²) in [6, 6.07) is 0. The summed E-state index contributed by atoms with van der Waals surface area (Å²) in [6.07, 6.45) is 2.06. The molecule has 0 atom stereocenters. The van der Waals surface area contributed by atoms with E-state index >= 15 is 0 Å². The molecule has 0 saturated heterocycles. The Morgan fingerprint density at radius 2 is 2.27 bits per heavy atom. The van der Waals surface area contributed by atoms with Crippen LogP contribution in [0.2, 0.25) is 0 Å². The van der Waals surface area contributed by atoms with E-state index in [2.05, 4.69) is 0 Å². The van der Waals surface area contributed by atoms with Crippen LogP contribution in [0.15, 0.2) is 23.0 Å². The highest BCUT2D eigenvalue weighted by atomic mass is 19.1. The first-order chi connectivity index (χ1) is 5.11. The van der Waals surface area contributed by atoms with Crippen molar-refractivity contribution in [2.24, 2.45) is 0 Å². The molecule has 1 N–H and O–H groups in total. The molecule has 0 bridgehead atoms. The number of aliphatic carboxylic acids is 1. The third kappa shape index (κ3) is 1.67. The van der Waals surface area contributed by atoms with Gasteiger partial charge < -0.3 is 5.11 Å². The molecule has 0 aromatic carbocycles. The molecule has 1 aliphatic rings. The van der Waals surface area contributed by atoms with Gasteiger partial charge in [0.15, 0.2) is 0 Å². The molecule has 0 fully saturated rings. The Labute approximate surface area is 64.0 Å². The van der Waals surface area contributed by atoms with Crippen LogP contribution in [0.5, 0.6) is 0 Å². The van der Waals surface area contributed by atoms with Gasteiger partial charge in [-0.05, 0) is 31.4 Å². The normalized spacial score (nSPS) is 18.2. The van der Waals surface area contributed by atoms with Crippen molar-refractivity contribution in [2.45, 2.75) is 19.8 Å². The van der Waals surface area contributed by atoms with Crippen LogP contribution in [0.4, 0.5) is 4.39 Å². The van der Waals surface area contributed by atoms with Crippen LogP contribution in [-0.4, -0.2) is 11.1 Å². The predicted molar refractivity (Wildman–Crippen MR) is 38.8 cm³/mol. The molecular formula is C8H9FO2. The Morgan fingerprint density at radius 1 is 1.64 bits per heavy atom. The van der Waals surface area contributed by atoms with E-state index in [0.29, 0.717) is 18.4 Å². The zero-order valence-corrected chi connectivity index (χ0v) is 6.22. The van der Waals surface area contributed by atoms with Gasteiger partial charge in [-0.2, -0.15) is 0 Å². The second-order valence-corrected chi connectivity index (χ2v) is 2.60. The number of carboxylic acid groups (broad SMARTS) is 1. The molecule has 0 saturated carbocycles. The second kappa shape index (κ2) is 2.86. The zero-order chi connectivity index (χ0) is 8.43. The predicted octanol–water partition coefficient (Wildman–Crippen LogP) is 2.03. The van der Waals surface area contributed by atoms with E-state index < -0.39 is 11.8 Å². The summed E-state index contributed by atoms with van der Waals surface area (Å²) in [4.78, 5) is 10.3. The summed E-state index contributed by atoms with van der Waals surface area (Å²) < 4.78 is 12.7. The maximum atomic E-state index is 12.7. The van der Waals surface area contributed by atoms with Crippen molar-refractivity contribution in [2.75, 3.05) is 0 Å². The number of halogens is 1. The first-order valence-electron chi connectivity index (χ1n) is 3.40. The van der Waals surface area contributed by atoms with E-state index in [1.165, 1.54) is 0 Å². The molecule has 0 unspecified atom stereocenters. The maximum Gasteiger partial charge on any atom is 0.331 e. The van der Waals surface area contributed by atoms with Crippen LogP contribution in [0.3, 0.4) is 0 Å². The highest BCUT2D eigenvalue weighted by Gasteiger charge is 2.14. The average Bonchev–Trinajstić information content (AvgIpc) is 1.94. The van der Waals surface area contributed by atoms with Gasteiger partial charge >= 0.3 is 5.97 Å². The van der Waals surface area contributed by atoms with Gasteiger partial charge in [-0.1, -0.05) is 0 Å². The lowest BCUT2D eigenvalue weighted by molar-refractivity contribution is -0.132. The summed E-state index contributed by atoms with van der Waals surface area (Å²) in [5.41, 5.74) is 0.795. The fourth-order valence-electron chi connectivity index (χ4n) is 0.959. The molecule has 2 nitrogen and oxygen atoms in total. The molecule has 0 radical (unpaired) electrons. The number of hydrogen-bond acceptors (Lipinski definition) is 1. The lowest BCUT2D eigenvalue weighted by Crippen LogP contribution is -2.04. The van der Waals surface area contributed by atoms with Crippen molar-refractivity contribution < 1.29 is 14.3 Å². The van der Waals surface area contributed by atoms with E-state index in [-0.39, 0.29) is 5.57 Å². The Kier molecular flexibility index (Phi) is 2.08. The van der Waals surface area contributed by atoms with Gasteiger partial charge in [-0.3, -0.25) is 0 Å². The van der Waals surface area contributed by atoms with Gasteiger partial charge in [-0.25, -0.2) is 9.18 Å². The summed E-state index contributed by atoms with van der Waals surface area (Å²) in [7, 11) is 0. The van der Waals surface area contributed by atoms with Crippen molar-refractivity contribution in [1.82, 2.24) is 0 Å². The maximum absolute atomic E-state index is 12.7. The topological polar surface area (TPSA) is 37.3 Å². The molecule has 0 aromatic heterocycles. The summed E-state index contributed by atoms with van der Waals surface area (Å²) in [5, 5.41) is 8.48. The Morgan fingerprint density at radius 3 is 2.73 bits per heavy atom. The van der Waals surface area contributed by atoms with E-state index in [4.69, 9.17) is 5.11 Å². The number of hydrogen-bond donors (Lipinski definition) is 1. The molecule has 3 heteroatoms. The van der Waals surface area contributed by atoms with Crippen LogP contribution in [0, 0.1) is 0 Å². The second-order valence-electron chi connectivity index (χ2n) is 2.60. The van der Waals surface area contributed by atoms with Gasteiger partial charge in [0.05, 0.1) is 0 Å². The van der Waals surface area contributed by atoms with Gasteiger partial charge in [0.2, 0.25) is 0 Å². The first kappa shape index (κ1) is 7.98. The summed E-state index contributed by atoms with van der Waals surface area (Å²) in [6.45, 7) is 1.67. The molecule has 60 valence electrons. The van der Waals surface area contributed by atoms with Crippen LogP contribution in [0.25, 0.3) is 0 Å². The van der Waals surface area contributed by atoms with Crippen molar-refractivity contribution in [3.05, 3.63) is 23.0 Å². The molecular weight excluding hydrogens is 147 g/mol. The zero-order valence-electron chi connectivity index (χ0n) is 6.22. The van der Waals surface area contributed by atoms with E-state index in [1.54, 1.807) is 6.92 Å².